The second kappa shape index (κ2) is 3.22. The van der Waals surface area contributed by atoms with Crippen LogP contribution in [0.25, 0.3) is 0 Å². The van der Waals surface area contributed by atoms with Crippen molar-refractivity contribution in [1.29, 1.82) is 5.26 Å². The third-order valence-electron chi connectivity index (χ3n) is 2.37. The molecule has 0 bridgehead atoms. The highest BCUT2D eigenvalue weighted by Gasteiger charge is 2.34. The summed E-state index contributed by atoms with van der Waals surface area (Å²) in [5.74, 6) is 0.220. The molecule has 1 fully saturated rings. The van der Waals surface area contributed by atoms with Crippen molar-refractivity contribution in [3.63, 3.8) is 0 Å². The van der Waals surface area contributed by atoms with E-state index in [1.807, 2.05) is 6.07 Å². The Kier molecular flexibility index (Phi) is 2.24. The van der Waals surface area contributed by atoms with Crippen molar-refractivity contribution >= 4 is 26.2 Å². The highest BCUT2D eigenvalue weighted by molar-refractivity contribution is 7.92. The molecule has 0 unspecified atom stereocenters. The summed E-state index contributed by atoms with van der Waals surface area (Å²) in [5.41, 5.74) is 6.67. The zero-order chi connectivity index (χ0) is 11.2. The first kappa shape index (κ1) is 10.5. The third kappa shape index (κ3) is 1.73. The van der Waals surface area contributed by atoms with E-state index in [9.17, 15) is 8.42 Å². The Morgan fingerprint density at radius 1 is 1.53 bits per heavy atom. The van der Waals surface area contributed by atoms with Gasteiger partial charge in [0.05, 0.1) is 5.56 Å². The Bertz CT molecular complexity index is 547. The van der Waals surface area contributed by atoms with Gasteiger partial charge in [0, 0.05) is 11.8 Å². The van der Waals surface area contributed by atoms with Crippen LogP contribution in [-0.4, -0.2) is 14.7 Å². The molecule has 1 aliphatic rings. The summed E-state index contributed by atoms with van der Waals surface area (Å²) in [5, 5.41) is 9.26. The number of nitrogens with two attached hydrogens (primary N) is 1. The van der Waals surface area contributed by atoms with Crippen LogP contribution in [0.15, 0.2) is 4.21 Å². The minimum Gasteiger partial charge on any atom is -0.389 e. The van der Waals surface area contributed by atoms with Crippen LogP contribution < -0.4 is 5.73 Å². The second-order valence-electron chi connectivity index (χ2n) is 3.70. The molecular formula is C9H10N2O2S2. The van der Waals surface area contributed by atoms with Gasteiger partial charge in [-0.15, -0.1) is 11.3 Å². The van der Waals surface area contributed by atoms with E-state index >= 15 is 0 Å². The van der Waals surface area contributed by atoms with Gasteiger partial charge in [0.15, 0.2) is 9.84 Å². The number of hydrogen-bond acceptors (Lipinski definition) is 5. The molecule has 0 saturated heterocycles. The third-order valence-corrected chi connectivity index (χ3v) is 5.25. The van der Waals surface area contributed by atoms with Crippen LogP contribution >= 0.6 is 11.3 Å². The Labute approximate surface area is 92.2 Å². The molecule has 0 spiro atoms. The fraction of sp³-hybridized carbons (Fsp3) is 0.444. The number of rotatable bonds is 2. The molecular weight excluding hydrogens is 232 g/mol. The maximum absolute atomic E-state index is 11.5. The molecule has 1 heterocycles. The minimum atomic E-state index is -3.26. The molecule has 1 aromatic heterocycles. The number of nitriles is 1. The molecule has 2 N–H and O–H groups in total. The van der Waals surface area contributed by atoms with Gasteiger partial charge in [0.1, 0.15) is 15.3 Å². The van der Waals surface area contributed by atoms with Gasteiger partial charge in [0.25, 0.3) is 0 Å². The Morgan fingerprint density at radius 2 is 2.13 bits per heavy atom. The van der Waals surface area contributed by atoms with Gasteiger partial charge in [-0.1, -0.05) is 0 Å². The first-order valence-electron chi connectivity index (χ1n) is 4.47. The van der Waals surface area contributed by atoms with Gasteiger partial charge >= 0.3 is 0 Å². The standard InChI is InChI=1S/C9H10N2O2S2/c1-15(12,13)9-7(5-2-3-5)6(4-10)8(11)14-9/h5H,2-3,11H2,1H3. The van der Waals surface area contributed by atoms with E-state index in [-0.39, 0.29) is 10.1 Å². The molecule has 15 heavy (non-hydrogen) atoms. The fourth-order valence-electron chi connectivity index (χ4n) is 1.57. The lowest BCUT2D eigenvalue weighted by Crippen LogP contribution is -1.98. The van der Waals surface area contributed by atoms with E-state index < -0.39 is 9.84 Å². The van der Waals surface area contributed by atoms with Crippen LogP contribution in [0.2, 0.25) is 0 Å². The molecule has 0 aromatic carbocycles. The predicted octanol–water partition coefficient (Wildman–Crippen LogP) is 1.48. The summed E-state index contributed by atoms with van der Waals surface area (Å²) in [4.78, 5) is 0. The SMILES string of the molecule is CS(=O)(=O)c1sc(N)c(C#N)c1C1CC1. The van der Waals surface area contributed by atoms with E-state index in [0.717, 1.165) is 30.4 Å². The average Bonchev–Trinajstić information content (AvgIpc) is 2.88. The first-order valence-corrected chi connectivity index (χ1v) is 7.18. The zero-order valence-electron chi connectivity index (χ0n) is 8.15. The Balaban J connectivity index is 2.71. The van der Waals surface area contributed by atoms with Gasteiger partial charge in [-0.25, -0.2) is 8.42 Å². The first-order chi connectivity index (χ1) is 6.95. The highest BCUT2D eigenvalue weighted by atomic mass is 32.2. The number of anilines is 1. The van der Waals surface area contributed by atoms with E-state index in [0.29, 0.717) is 16.1 Å². The largest absolute Gasteiger partial charge is 0.389 e. The van der Waals surface area contributed by atoms with Gasteiger partial charge in [-0.2, -0.15) is 5.26 Å². The van der Waals surface area contributed by atoms with Gasteiger partial charge in [-0.05, 0) is 18.8 Å². The maximum Gasteiger partial charge on any atom is 0.185 e. The van der Waals surface area contributed by atoms with Gasteiger partial charge in [0.2, 0.25) is 0 Å². The fourth-order valence-corrected chi connectivity index (χ4v) is 3.95. The minimum absolute atomic E-state index is 0.220. The van der Waals surface area contributed by atoms with Crippen LogP contribution in [0.1, 0.15) is 29.9 Å². The van der Waals surface area contributed by atoms with Crippen LogP contribution in [-0.2, 0) is 9.84 Å². The van der Waals surface area contributed by atoms with Crippen LogP contribution in [0.4, 0.5) is 5.00 Å². The highest BCUT2D eigenvalue weighted by Crippen LogP contribution is 2.49. The molecule has 0 amide bonds. The van der Waals surface area contributed by atoms with Crippen molar-refractivity contribution in [2.45, 2.75) is 23.0 Å². The lowest BCUT2D eigenvalue weighted by atomic mass is 10.1. The molecule has 1 aliphatic carbocycles. The van der Waals surface area contributed by atoms with Crippen LogP contribution in [0.3, 0.4) is 0 Å². The summed E-state index contributed by atoms with van der Waals surface area (Å²) in [6.07, 6.45) is 3.06. The number of hydrogen-bond donors (Lipinski definition) is 1. The molecule has 2 rings (SSSR count). The lowest BCUT2D eigenvalue weighted by molar-refractivity contribution is 0.603. The van der Waals surface area contributed by atoms with Gasteiger partial charge < -0.3 is 5.73 Å². The normalized spacial score (nSPS) is 16.3. The molecule has 1 saturated carbocycles. The number of sulfone groups is 1. The molecule has 6 heteroatoms. The van der Waals surface area contributed by atoms with E-state index in [4.69, 9.17) is 11.0 Å². The van der Waals surface area contributed by atoms with Crippen molar-refractivity contribution in [3.8, 4) is 6.07 Å². The van der Waals surface area contributed by atoms with Crippen LogP contribution in [0.5, 0.6) is 0 Å². The second-order valence-corrected chi connectivity index (χ2v) is 6.96. The average molecular weight is 242 g/mol. The summed E-state index contributed by atoms with van der Waals surface area (Å²) in [6.45, 7) is 0. The summed E-state index contributed by atoms with van der Waals surface area (Å²) in [6, 6.07) is 2.00. The van der Waals surface area contributed by atoms with Crippen molar-refractivity contribution in [2.75, 3.05) is 12.0 Å². The molecule has 80 valence electrons. The Morgan fingerprint density at radius 3 is 2.53 bits per heavy atom. The van der Waals surface area contributed by atoms with Crippen molar-refractivity contribution in [2.24, 2.45) is 0 Å². The van der Waals surface area contributed by atoms with E-state index in [1.165, 1.54) is 0 Å². The van der Waals surface area contributed by atoms with Crippen molar-refractivity contribution in [1.82, 2.24) is 0 Å². The maximum atomic E-state index is 11.5. The molecule has 4 nitrogen and oxygen atoms in total. The number of nitrogen functional groups attached to an aromatic ring is 1. The molecule has 1 aromatic rings. The Hall–Kier alpha value is -1.06. The number of thiophene rings is 1. The van der Waals surface area contributed by atoms with Crippen molar-refractivity contribution < 1.29 is 8.42 Å². The molecule has 0 aliphatic heterocycles. The van der Waals surface area contributed by atoms with Crippen molar-refractivity contribution in [3.05, 3.63) is 11.1 Å². The van der Waals surface area contributed by atoms with E-state index in [1.54, 1.807) is 0 Å². The summed E-state index contributed by atoms with van der Waals surface area (Å²) in [7, 11) is -3.26. The van der Waals surface area contributed by atoms with E-state index in [2.05, 4.69) is 0 Å². The monoisotopic (exact) mass is 242 g/mol. The lowest BCUT2D eigenvalue weighted by Gasteiger charge is -1.99. The van der Waals surface area contributed by atoms with Gasteiger partial charge in [-0.3, -0.25) is 0 Å². The molecule has 0 atom stereocenters. The quantitative estimate of drug-likeness (QED) is 0.851. The summed E-state index contributed by atoms with van der Waals surface area (Å²) >= 11 is 1.01. The number of nitrogens with zero attached hydrogens (tertiary/aromatic N) is 1. The topological polar surface area (TPSA) is 83.9 Å². The summed E-state index contributed by atoms with van der Waals surface area (Å²) < 4.78 is 23.3. The van der Waals surface area contributed by atoms with Crippen LogP contribution in [0, 0.1) is 11.3 Å². The zero-order valence-corrected chi connectivity index (χ0v) is 9.78. The predicted molar refractivity (Wildman–Crippen MR) is 58.5 cm³/mol. The smallest absolute Gasteiger partial charge is 0.185 e. The molecule has 0 radical (unpaired) electrons.